The summed E-state index contributed by atoms with van der Waals surface area (Å²) >= 11 is 7.92. The summed E-state index contributed by atoms with van der Waals surface area (Å²) in [6, 6.07) is 11.8. The average Bonchev–Trinajstić information content (AvgIpc) is 3.47. The number of fused-ring (bicyclic) bond motifs is 1. The Balaban J connectivity index is 1.45. The number of aliphatic imine (C=N–C) groups is 1. The molecule has 3 atom stereocenters. The highest BCUT2D eigenvalue weighted by Crippen LogP contribution is 2.40. The van der Waals surface area contributed by atoms with E-state index in [-0.39, 0.29) is 23.8 Å². The lowest BCUT2D eigenvalue weighted by Gasteiger charge is -2.43. The first-order valence-corrected chi connectivity index (χ1v) is 18.3. The molecule has 8 nitrogen and oxygen atoms in total. The Morgan fingerprint density at radius 3 is 2.77 bits per heavy atom. The minimum atomic E-state index is -0.526. The van der Waals surface area contributed by atoms with Crippen LogP contribution in [0.1, 0.15) is 76.0 Å². The van der Waals surface area contributed by atoms with Crippen molar-refractivity contribution in [3.8, 4) is 16.9 Å². The van der Waals surface area contributed by atoms with Crippen molar-refractivity contribution < 1.29 is 8.78 Å². The lowest BCUT2D eigenvalue weighted by atomic mass is 9.89. The van der Waals surface area contributed by atoms with Gasteiger partial charge in [-0.15, -0.1) is 11.8 Å². The molecule has 5 rings (SSSR count). The highest BCUT2D eigenvalue weighted by molar-refractivity contribution is 7.98. The van der Waals surface area contributed by atoms with Gasteiger partial charge in [0.05, 0.1) is 28.9 Å². The van der Waals surface area contributed by atoms with E-state index in [2.05, 4.69) is 25.9 Å². The quantitative estimate of drug-likeness (QED) is 0.0710. The number of benzene rings is 2. The highest BCUT2D eigenvalue weighted by atomic mass is 35.5. The monoisotopic (exact) mass is 697 g/mol. The second-order valence-corrected chi connectivity index (χ2v) is 14.1. The third kappa shape index (κ3) is 8.48. The van der Waals surface area contributed by atoms with Gasteiger partial charge in [0.1, 0.15) is 5.65 Å². The molecule has 0 aliphatic carbocycles. The first-order valence-electron chi connectivity index (χ1n) is 16.7. The SMILES string of the molecule is CSc1cc(-n2cc3cc(-c4cc(CCC[C@H](C)N)cc(Cl)c4F)[nH]c3nc2=O)ccc1[C@@H]1CCC[C@@H](CCN=C(C)N)N1CCCF. The number of H-pyrrole nitrogens is 1. The summed E-state index contributed by atoms with van der Waals surface area (Å²) in [7, 11) is 0. The zero-order valence-corrected chi connectivity index (χ0v) is 29.5. The number of thioether (sulfide) groups is 1. The number of nitrogens with one attached hydrogen (secondary N) is 1. The van der Waals surface area contributed by atoms with Crippen LogP contribution in [0.2, 0.25) is 5.02 Å². The van der Waals surface area contributed by atoms with Gasteiger partial charge in [0.25, 0.3) is 0 Å². The summed E-state index contributed by atoms with van der Waals surface area (Å²) < 4.78 is 30.2. The number of likely N-dealkylation sites (tertiary alicyclic amines) is 1. The number of hydrogen-bond donors (Lipinski definition) is 3. The van der Waals surface area contributed by atoms with Crippen LogP contribution < -0.4 is 17.2 Å². The van der Waals surface area contributed by atoms with Gasteiger partial charge in [-0.2, -0.15) is 4.98 Å². The molecule has 0 radical (unpaired) electrons. The van der Waals surface area contributed by atoms with E-state index in [9.17, 15) is 9.18 Å². The van der Waals surface area contributed by atoms with Crippen LogP contribution >= 0.6 is 23.4 Å². The number of alkyl halides is 1. The lowest BCUT2D eigenvalue weighted by Crippen LogP contribution is -2.43. The zero-order chi connectivity index (χ0) is 34.4. The summed E-state index contributed by atoms with van der Waals surface area (Å²) in [5.74, 6) is 0.0496. The maximum Gasteiger partial charge on any atom is 0.354 e. The van der Waals surface area contributed by atoms with Crippen LogP contribution in [0.4, 0.5) is 8.78 Å². The molecule has 258 valence electrons. The van der Waals surface area contributed by atoms with E-state index < -0.39 is 11.5 Å². The van der Waals surface area contributed by atoms with Gasteiger partial charge in [-0.05, 0) is 113 Å². The molecule has 0 unspecified atom stereocenters. The fourth-order valence-corrected chi connectivity index (χ4v) is 7.73. The number of piperidine rings is 1. The summed E-state index contributed by atoms with van der Waals surface area (Å²) in [6.45, 7) is 4.73. The van der Waals surface area contributed by atoms with Gasteiger partial charge in [-0.3, -0.25) is 18.8 Å². The molecule has 3 heterocycles. The maximum atomic E-state index is 15.3. The molecule has 48 heavy (non-hydrogen) atoms. The van der Waals surface area contributed by atoms with Crippen molar-refractivity contribution in [2.24, 2.45) is 16.5 Å². The van der Waals surface area contributed by atoms with Crippen LogP contribution in [-0.4, -0.2) is 63.4 Å². The largest absolute Gasteiger partial charge is 0.388 e. The number of amidine groups is 1. The molecule has 0 spiro atoms. The molecule has 1 aliphatic rings. The number of aromatic nitrogens is 3. The van der Waals surface area contributed by atoms with Crippen molar-refractivity contribution in [2.45, 2.75) is 88.2 Å². The molecular weight excluding hydrogens is 652 g/mol. The van der Waals surface area contributed by atoms with Gasteiger partial charge >= 0.3 is 5.69 Å². The first kappa shape index (κ1) is 36.0. The Morgan fingerprint density at radius 1 is 1.23 bits per heavy atom. The van der Waals surface area contributed by atoms with E-state index >= 15 is 4.39 Å². The van der Waals surface area contributed by atoms with Gasteiger partial charge in [-0.25, -0.2) is 9.18 Å². The predicted molar refractivity (Wildman–Crippen MR) is 195 cm³/mol. The first-order chi connectivity index (χ1) is 23.1. The molecule has 0 saturated carbocycles. The van der Waals surface area contributed by atoms with Gasteiger partial charge in [-0.1, -0.05) is 17.7 Å². The molecule has 2 aromatic heterocycles. The Labute approximate surface area is 290 Å². The Kier molecular flexibility index (Phi) is 12.3. The minimum Gasteiger partial charge on any atom is -0.388 e. The lowest BCUT2D eigenvalue weighted by molar-refractivity contribution is 0.0735. The van der Waals surface area contributed by atoms with Gasteiger partial charge in [0.15, 0.2) is 5.82 Å². The number of rotatable bonds is 14. The molecule has 1 saturated heterocycles. The molecular formula is C36H46ClF2N7OS. The summed E-state index contributed by atoms with van der Waals surface area (Å²) in [5, 5.41) is 0.714. The van der Waals surface area contributed by atoms with Crippen LogP contribution in [0.25, 0.3) is 28.0 Å². The normalized spacial score (nSPS) is 18.1. The predicted octanol–water partition coefficient (Wildman–Crippen LogP) is 7.59. The van der Waals surface area contributed by atoms with E-state index in [4.69, 9.17) is 23.1 Å². The number of nitrogens with two attached hydrogens (primary N) is 2. The van der Waals surface area contributed by atoms with Crippen molar-refractivity contribution in [1.82, 2.24) is 19.4 Å². The summed E-state index contributed by atoms with van der Waals surface area (Å²) in [4.78, 5) is 28.7. The van der Waals surface area contributed by atoms with Crippen molar-refractivity contribution in [1.29, 1.82) is 0 Å². The number of hydrogen-bond acceptors (Lipinski definition) is 6. The molecule has 12 heteroatoms. The fourth-order valence-electron chi connectivity index (χ4n) is 6.81. The topological polar surface area (TPSA) is 118 Å². The van der Waals surface area contributed by atoms with Crippen LogP contribution in [0, 0.1) is 5.82 Å². The average molecular weight is 698 g/mol. The molecule has 5 N–H and O–H groups in total. The summed E-state index contributed by atoms with van der Waals surface area (Å²) in [5.41, 5.74) is 15.2. The molecule has 1 aliphatic heterocycles. The number of nitrogens with zero attached hydrogens (tertiary/aromatic N) is 4. The van der Waals surface area contributed by atoms with E-state index in [1.54, 1.807) is 43.1 Å². The van der Waals surface area contributed by atoms with Crippen molar-refractivity contribution in [3.63, 3.8) is 0 Å². The van der Waals surface area contributed by atoms with E-state index in [0.29, 0.717) is 59.4 Å². The Hall–Kier alpha value is -3.25. The summed E-state index contributed by atoms with van der Waals surface area (Å²) in [6.07, 6.45) is 10.7. The van der Waals surface area contributed by atoms with E-state index in [0.717, 1.165) is 55.4 Å². The molecule has 4 aromatic rings. The van der Waals surface area contributed by atoms with Gasteiger partial charge in [0.2, 0.25) is 0 Å². The molecule has 1 fully saturated rings. The van der Waals surface area contributed by atoms with Gasteiger partial charge in [0, 0.05) is 53.3 Å². The van der Waals surface area contributed by atoms with Crippen LogP contribution in [-0.2, 0) is 6.42 Å². The number of halogens is 3. The minimum absolute atomic E-state index is 0.0471. The third-order valence-electron chi connectivity index (χ3n) is 9.12. The van der Waals surface area contributed by atoms with Crippen LogP contribution in [0.5, 0.6) is 0 Å². The fraction of sp³-hybridized carbons (Fsp3) is 0.472. The molecule has 2 aromatic carbocycles. The van der Waals surface area contributed by atoms with Crippen LogP contribution in [0.15, 0.2) is 57.3 Å². The van der Waals surface area contributed by atoms with E-state index in [1.165, 1.54) is 10.1 Å². The zero-order valence-electron chi connectivity index (χ0n) is 27.9. The standard InChI is InChI=1S/C36H46ClF2N7OS/c1-22(40)7-4-8-24-17-29(34(39)30(37)18-24)31-19-25-21-46(36(47)44-35(25)43-31)27-11-12-28(33(20-27)48-3)32-10-5-9-26(13-15-42-23(2)41)45(32)16-6-14-38/h11-12,17-22,26,32H,4-10,13-16,40H2,1-3H3,(H2,41,42)(H,43,44,47)/t22-,26-,32-/m0/s1. The smallest absolute Gasteiger partial charge is 0.354 e. The second kappa shape index (κ2) is 16.4. The van der Waals surface area contributed by atoms with Crippen molar-refractivity contribution in [2.75, 3.05) is 26.0 Å². The number of aromatic amines is 1. The van der Waals surface area contributed by atoms with E-state index in [1.807, 2.05) is 25.3 Å². The molecule has 0 bridgehead atoms. The Bertz CT molecular complexity index is 1800. The van der Waals surface area contributed by atoms with Crippen LogP contribution in [0.3, 0.4) is 0 Å². The van der Waals surface area contributed by atoms with Gasteiger partial charge < -0.3 is 16.5 Å². The third-order valence-corrected chi connectivity index (χ3v) is 10.2. The van der Waals surface area contributed by atoms with Crippen molar-refractivity contribution in [3.05, 3.63) is 75.0 Å². The maximum absolute atomic E-state index is 15.3. The van der Waals surface area contributed by atoms with Crippen molar-refractivity contribution >= 4 is 40.2 Å². The highest BCUT2D eigenvalue weighted by Gasteiger charge is 2.32. The Morgan fingerprint density at radius 2 is 2.04 bits per heavy atom. The second-order valence-electron chi connectivity index (χ2n) is 12.8. The molecule has 0 amide bonds. The number of aryl methyl sites for hydroxylation is 1.